The Morgan fingerprint density at radius 1 is 1.21 bits per heavy atom. The van der Waals surface area contributed by atoms with Gasteiger partial charge in [0.25, 0.3) is 0 Å². The number of nitro groups is 1. The summed E-state index contributed by atoms with van der Waals surface area (Å²) in [6.07, 6.45) is 0. The molecular formula is C18H16Cl2N4O3S. The molecule has 1 atom stereocenters. The van der Waals surface area contributed by atoms with Crippen LogP contribution in [0.3, 0.4) is 0 Å². The van der Waals surface area contributed by atoms with Gasteiger partial charge in [-0.25, -0.2) is 0 Å². The minimum Gasteiger partial charge on any atom is -0.495 e. The lowest BCUT2D eigenvalue weighted by Gasteiger charge is -2.15. The summed E-state index contributed by atoms with van der Waals surface area (Å²) in [6.45, 7) is 1.53. The summed E-state index contributed by atoms with van der Waals surface area (Å²) < 4.78 is 6.99. The van der Waals surface area contributed by atoms with Crippen LogP contribution in [0.5, 0.6) is 5.75 Å². The third-order valence-corrected chi connectivity index (χ3v) is 5.72. The SMILES string of the molecule is COc1ccc([C@@H](C[N+](=O)[O-])Sc2nnc(C)n2-c2ccc(Cl)cc2)cc1Cl. The molecule has 0 unspecified atom stereocenters. The van der Waals surface area contributed by atoms with Crippen LogP contribution in [0.15, 0.2) is 47.6 Å². The molecule has 3 aromatic rings. The van der Waals surface area contributed by atoms with Gasteiger partial charge in [0.15, 0.2) is 5.16 Å². The quantitative estimate of drug-likeness (QED) is 0.293. The molecule has 0 aliphatic rings. The Hall–Kier alpha value is -2.29. The molecule has 7 nitrogen and oxygen atoms in total. The monoisotopic (exact) mass is 438 g/mol. The Balaban J connectivity index is 1.97. The van der Waals surface area contributed by atoms with Crippen molar-refractivity contribution in [2.45, 2.75) is 17.3 Å². The number of nitrogens with zero attached hydrogens (tertiary/aromatic N) is 4. The predicted molar refractivity (Wildman–Crippen MR) is 110 cm³/mol. The summed E-state index contributed by atoms with van der Waals surface area (Å²) in [4.78, 5) is 10.9. The summed E-state index contributed by atoms with van der Waals surface area (Å²) in [7, 11) is 1.52. The van der Waals surface area contributed by atoms with Gasteiger partial charge in [-0.3, -0.25) is 14.7 Å². The van der Waals surface area contributed by atoms with Gasteiger partial charge in [-0.15, -0.1) is 10.2 Å². The molecular weight excluding hydrogens is 423 g/mol. The Morgan fingerprint density at radius 3 is 2.54 bits per heavy atom. The molecule has 0 fully saturated rings. The van der Waals surface area contributed by atoms with Crippen LogP contribution in [-0.2, 0) is 0 Å². The van der Waals surface area contributed by atoms with E-state index in [1.807, 2.05) is 23.6 Å². The molecule has 10 heteroatoms. The Labute approximate surface area is 175 Å². The third kappa shape index (κ3) is 4.57. The van der Waals surface area contributed by atoms with E-state index >= 15 is 0 Å². The maximum atomic E-state index is 11.3. The minimum absolute atomic E-state index is 0.292. The van der Waals surface area contributed by atoms with Gasteiger partial charge in [-0.05, 0) is 48.9 Å². The number of aromatic nitrogens is 3. The molecule has 0 amide bonds. The van der Waals surface area contributed by atoms with Crippen molar-refractivity contribution < 1.29 is 9.66 Å². The molecule has 0 saturated carbocycles. The van der Waals surface area contributed by atoms with Crippen LogP contribution in [0.1, 0.15) is 16.6 Å². The van der Waals surface area contributed by atoms with E-state index in [-0.39, 0.29) is 11.5 Å². The largest absolute Gasteiger partial charge is 0.495 e. The highest BCUT2D eigenvalue weighted by molar-refractivity contribution is 7.99. The number of methoxy groups -OCH3 is 1. The van der Waals surface area contributed by atoms with E-state index in [2.05, 4.69) is 10.2 Å². The molecule has 0 bridgehead atoms. The van der Waals surface area contributed by atoms with Gasteiger partial charge in [0, 0.05) is 15.6 Å². The van der Waals surface area contributed by atoms with E-state index in [4.69, 9.17) is 27.9 Å². The number of rotatable bonds is 7. The van der Waals surface area contributed by atoms with Gasteiger partial charge < -0.3 is 4.74 Å². The highest BCUT2D eigenvalue weighted by Gasteiger charge is 2.24. The Bertz CT molecular complexity index is 995. The number of thioether (sulfide) groups is 1. The molecule has 28 heavy (non-hydrogen) atoms. The van der Waals surface area contributed by atoms with Crippen molar-refractivity contribution in [3.63, 3.8) is 0 Å². The van der Waals surface area contributed by atoms with Crippen molar-refractivity contribution in [2.24, 2.45) is 0 Å². The zero-order chi connectivity index (χ0) is 20.3. The van der Waals surface area contributed by atoms with Crippen molar-refractivity contribution in [1.29, 1.82) is 0 Å². The Morgan fingerprint density at radius 2 is 1.93 bits per heavy atom. The number of ether oxygens (including phenoxy) is 1. The average Bonchev–Trinajstić information content (AvgIpc) is 3.02. The van der Waals surface area contributed by atoms with Gasteiger partial charge in [0.1, 0.15) is 16.8 Å². The maximum Gasteiger partial charge on any atom is 0.220 e. The van der Waals surface area contributed by atoms with E-state index in [1.165, 1.54) is 18.9 Å². The number of aryl methyl sites for hydroxylation is 1. The van der Waals surface area contributed by atoms with Crippen molar-refractivity contribution in [2.75, 3.05) is 13.7 Å². The highest BCUT2D eigenvalue weighted by atomic mass is 35.5. The highest BCUT2D eigenvalue weighted by Crippen LogP contribution is 2.38. The van der Waals surface area contributed by atoms with Crippen molar-refractivity contribution in [1.82, 2.24) is 14.8 Å². The number of benzene rings is 2. The first-order valence-corrected chi connectivity index (χ1v) is 9.82. The Kier molecular flexibility index (Phi) is 6.43. The lowest BCUT2D eigenvalue weighted by atomic mass is 10.1. The van der Waals surface area contributed by atoms with Crippen molar-refractivity contribution >= 4 is 35.0 Å². The first kappa shape index (κ1) is 20.4. The summed E-state index contributed by atoms with van der Waals surface area (Å²) in [5, 5.41) is 20.6. The summed E-state index contributed by atoms with van der Waals surface area (Å²) >= 11 is 13.4. The van der Waals surface area contributed by atoms with E-state index in [0.29, 0.717) is 32.3 Å². The molecule has 146 valence electrons. The molecule has 0 saturated heterocycles. The first-order chi connectivity index (χ1) is 13.4. The summed E-state index contributed by atoms with van der Waals surface area (Å²) in [5.41, 5.74) is 1.53. The molecule has 2 aromatic carbocycles. The number of hydrogen-bond acceptors (Lipinski definition) is 6. The van der Waals surface area contributed by atoms with Crippen LogP contribution in [-0.4, -0.2) is 33.3 Å². The number of halogens is 2. The fourth-order valence-electron chi connectivity index (χ4n) is 2.66. The molecule has 0 N–H and O–H groups in total. The van der Waals surface area contributed by atoms with Crippen LogP contribution < -0.4 is 4.74 Å². The lowest BCUT2D eigenvalue weighted by molar-refractivity contribution is -0.479. The van der Waals surface area contributed by atoms with E-state index in [9.17, 15) is 10.1 Å². The standard InChI is InChI=1S/C18H16Cl2N4O3S/c1-11-21-22-18(24(11)14-6-4-13(19)5-7-14)28-17(10-23(25)26)12-3-8-16(27-2)15(20)9-12/h3-9,17H,10H2,1-2H3/t17-/m1/s1. The summed E-state index contributed by atoms with van der Waals surface area (Å²) in [6, 6.07) is 12.4. The van der Waals surface area contributed by atoms with Gasteiger partial charge in [0.05, 0.1) is 12.1 Å². The average molecular weight is 439 g/mol. The van der Waals surface area contributed by atoms with Gasteiger partial charge in [-0.2, -0.15) is 0 Å². The topological polar surface area (TPSA) is 83.1 Å². The van der Waals surface area contributed by atoms with Crippen molar-refractivity contribution in [3.8, 4) is 11.4 Å². The zero-order valence-electron chi connectivity index (χ0n) is 15.0. The normalized spacial score (nSPS) is 12.0. The second-order valence-corrected chi connectivity index (χ2v) is 7.87. The molecule has 1 aromatic heterocycles. The molecule has 0 radical (unpaired) electrons. The zero-order valence-corrected chi connectivity index (χ0v) is 17.3. The first-order valence-electron chi connectivity index (χ1n) is 8.19. The van der Waals surface area contributed by atoms with Gasteiger partial charge in [-0.1, -0.05) is 41.0 Å². The maximum absolute atomic E-state index is 11.3. The predicted octanol–water partition coefficient (Wildman–Crippen LogP) is 5.00. The molecule has 0 aliphatic heterocycles. The molecule has 3 rings (SSSR count). The van der Waals surface area contributed by atoms with Crippen LogP contribution in [0.4, 0.5) is 0 Å². The fraction of sp³-hybridized carbons (Fsp3) is 0.222. The fourth-order valence-corrected chi connectivity index (χ4v) is 4.22. The second-order valence-electron chi connectivity index (χ2n) is 5.86. The second kappa shape index (κ2) is 8.81. The van der Waals surface area contributed by atoms with E-state index in [0.717, 1.165) is 5.69 Å². The third-order valence-electron chi connectivity index (χ3n) is 3.99. The summed E-state index contributed by atoms with van der Waals surface area (Å²) in [5.74, 6) is 1.17. The van der Waals surface area contributed by atoms with Crippen LogP contribution in [0.2, 0.25) is 10.0 Å². The van der Waals surface area contributed by atoms with Crippen molar-refractivity contribution in [3.05, 3.63) is 74.0 Å². The molecule has 1 heterocycles. The van der Waals surface area contributed by atoms with Gasteiger partial charge in [0.2, 0.25) is 6.54 Å². The minimum atomic E-state index is -0.506. The lowest BCUT2D eigenvalue weighted by Crippen LogP contribution is -2.11. The van der Waals surface area contributed by atoms with E-state index in [1.54, 1.807) is 30.3 Å². The molecule has 0 spiro atoms. The van der Waals surface area contributed by atoms with Crippen LogP contribution in [0.25, 0.3) is 5.69 Å². The van der Waals surface area contributed by atoms with Crippen LogP contribution >= 0.6 is 35.0 Å². The van der Waals surface area contributed by atoms with Crippen LogP contribution in [0, 0.1) is 17.0 Å². The smallest absolute Gasteiger partial charge is 0.220 e. The van der Waals surface area contributed by atoms with E-state index < -0.39 is 5.25 Å². The molecule has 0 aliphatic carbocycles. The van der Waals surface area contributed by atoms with Gasteiger partial charge >= 0.3 is 0 Å². The number of hydrogen-bond donors (Lipinski definition) is 0.